The van der Waals surface area contributed by atoms with E-state index < -0.39 is 5.82 Å². The Hall–Kier alpha value is -2.80. The molecule has 0 saturated heterocycles. The van der Waals surface area contributed by atoms with Crippen LogP contribution >= 0.6 is 0 Å². The summed E-state index contributed by atoms with van der Waals surface area (Å²) >= 11 is 0. The molecule has 2 aromatic carbocycles. The number of nitriles is 1. The average Bonchev–Trinajstić information content (AvgIpc) is 2.47. The first kappa shape index (κ1) is 14.6. The maximum absolute atomic E-state index is 13.3. The highest BCUT2D eigenvalue weighted by Gasteiger charge is 2.07. The van der Waals surface area contributed by atoms with Gasteiger partial charge in [-0.25, -0.2) is 4.39 Å². The zero-order chi connectivity index (χ0) is 15.2. The topological polar surface area (TPSA) is 59.0 Å². The number of ether oxygens (including phenoxy) is 1. The van der Waals surface area contributed by atoms with Crippen LogP contribution in [-0.4, -0.2) is 0 Å². The molecule has 0 spiro atoms. The molecule has 4 heteroatoms. The fourth-order valence-electron chi connectivity index (χ4n) is 2.00. The number of hydrogen-bond donors (Lipinski definition) is 1. The molecule has 0 saturated carbocycles. The Morgan fingerprint density at radius 3 is 2.76 bits per heavy atom. The van der Waals surface area contributed by atoms with Crippen LogP contribution in [-0.2, 0) is 13.0 Å². The Kier molecular flexibility index (Phi) is 4.57. The maximum atomic E-state index is 13.3. The highest BCUT2D eigenvalue weighted by Crippen LogP contribution is 2.24. The quantitative estimate of drug-likeness (QED) is 0.673. The van der Waals surface area contributed by atoms with Crippen molar-refractivity contribution < 1.29 is 9.13 Å². The van der Waals surface area contributed by atoms with E-state index >= 15 is 0 Å². The lowest BCUT2D eigenvalue weighted by atomic mass is 10.1. The van der Waals surface area contributed by atoms with Crippen molar-refractivity contribution in [2.75, 3.05) is 5.73 Å². The molecule has 0 aliphatic rings. The highest BCUT2D eigenvalue weighted by molar-refractivity contribution is 5.48. The van der Waals surface area contributed by atoms with Crippen molar-refractivity contribution in [2.24, 2.45) is 0 Å². The van der Waals surface area contributed by atoms with Crippen LogP contribution in [0.15, 0.2) is 49.1 Å². The van der Waals surface area contributed by atoms with E-state index in [-0.39, 0.29) is 6.61 Å². The first-order valence-electron chi connectivity index (χ1n) is 6.44. The smallest absolute Gasteiger partial charge is 0.123 e. The van der Waals surface area contributed by atoms with Crippen molar-refractivity contribution in [2.45, 2.75) is 13.0 Å². The molecule has 0 radical (unpaired) electrons. The zero-order valence-corrected chi connectivity index (χ0v) is 11.5. The van der Waals surface area contributed by atoms with Crippen LogP contribution in [0.2, 0.25) is 0 Å². The van der Waals surface area contributed by atoms with Crippen molar-refractivity contribution >= 4 is 5.69 Å². The van der Waals surface area contributed by atoms with Gasteiger partial charge in [0.2, 0.25) is 0 Å². The molecule has 0 bridgehead atoms. The standard InChI is InChI=1S/C17H15FN2O/c1-2-3-12-9-16(20)6-7-17(12)21-11-14-8-15(18)5-4-13(14)10-19/h2,4-9H,1,3,11,20H2. The van der Waals surface area contributed by atoms with Crippen molar-refractivity contribution in [3.8, 4) is 11.8 Å². The number of allylic oxidation sites excluding steroid dienone is 1. The van der Waals surface area contributed by atoms with Crippen molar-refractivity contribution in [1.29, 1.82) is 5.26 Å². The molecule has 2 N–H and O–H groups in total. The van der Waals surface area contributed by atoms with Crippen LogP contribution in [0.5, 0.6) is 5.75 Å². The summed E-state index contributed by atoms with van der Waals surface area (Å²) in [5.41, 5.74) is 8.21. The summed E-state index contributed by atoms with van der Waals surface area (Å²) in [6.07, 6.45) is 2.37. The first-order chi connectivity index (χ1) is 10.1. The van der Waals surface area contributed by atoms with E-state index in [1.165, 1.54) is 18.2 Å². The van der Waals surface area contributed by atoms with Gasteiger partial charge in [-0.05, 0) is 48.4 Å². The van der Waals surface area contributed by atoms with Crippen molar-refractivity contribution in [3.63, 3.8) is 0 Å². The molecule has 0 fully saturated rings. The van der Waals surface area contributed by atoms with Gasteiger partial charge < -0.3 is 10.5 Å². The van der Waals surface area contributed by atoms with E-state index in [0.29, 0.717) is 29.0 Å². The van der Waals surface area contributed by atoms with Crippen LogP contribution in [0.4, 0.5) is 10.1 Å². The number of hydrogen-bond acceptors (Lipinski definition) is 3. The molecule has 21 heavy (non-hydrogen) atoms. The van der Waals surface area contributed by atoms with Gasteiger partial charge in [-0.3, -0.25) is 0 Å². The molecule has 0 amide bonds. The average molecular weight is 282 g/mol. The number of nitrogens with zero attached hydrogens (tertiary/aromatic N) is 1. The Labute approximate surface area is 123 Å². The van der Waals surface area contributed by atoms with Crippen LogP contribution < -0.4 is 10.5 Å². The van der Waals surface area contributed by atoms with Gasteiger partial charge in [0.1, 0.15) is 18.2 Å². The number of rotatable bonds is 5. The summed E-state index contributed by atoms with van der Waals surface area (Å²) in [5, 5.41) is 9.02. The minimum atomic E-state index is -0.392. The third-order valence-electron chi connectivity index (χ3n) is 3.02. The summed E-state index contributed by atoms with van der Waals surface area (Å²) in [7, 11) is 0. The molecule has 2 rings (SSSR count). The lowest BCUT2D eigenvalue weighted by molar-refractivity contribution is 0.302. The Balaban J connectivity index is 2.22. The van der Waals surface area contributed by atoms with Crippen LogP contribution in [0, 0.1) is 17.1 Å². The second kappa shape index (κ2) is 6.58. The van der Waals surface area contributed by atoms with E-state index in [4.69, 9.17) is 15.7 Å². The summed E-state index contributed by atoms with van der Waals surface area (Å²) < 4.78 is 19.0. The van der Waals surface area contributed by atoms with Gasteiger partial charge in [-0.2, -0.15) is 5.26 Å². The van der Waals surface area contributed by atoms with Gasteiger partial charge >= 0.3 is 0 Å². The van der Waals surface area contributed by atoms with E-state index in [9.17, 15) is 4.39 Å². The maximum Gasteiger partial charge on any atom is 0.123 e. The predicted molar refractivity (Wildman–Crippen MR) is 80.2 cm³/mol. The van der Waals surface area contributed by atoms with E-state index in [1.807, 2.05) is 12.1 Å². The van der Waals surface area contributed by atoms with Crippen LogP contribution in [0.25, 0.3) is 0 Å². The molecular weight excluding hydrogens is 267 g/mol. The summed E-state index contributed by atoms with van der Waals surface area (Å²) in [6, 6.07) is 11.3. The fraction of sp³-hybridized carbons (Fsp3) is 0.118. The van der Waals surface area contributed by atoms with Crippen molar-refractivity contribution in [1.82, 2.24) is 0 Å². The van der Waals surface area contributed by atoms with Crippen LogP contribution in [0.1, 0.15) is 16.7 Å². The van der Waals surface area contributed by atoms with Gasteiger partial charge in [0.25, 0.3) is 0 Å². The second-order valence-corrected chi connectivity index (χ2v) is 4.56. The minimum Gasteiger partial charge on any atom is -0.489 e. The number of nitrogen functional groups attached to an aromatic ring is 1. The molecule has 0 heterocycles. The van der Waals surface area contributed by atoms with Gasteiger partial charge in [-0.1, -0.05) is 6.08 Å². The van der Waals surface area contributed by atoms with Crippen LogP contribution in [0.3, 0.4) is 0 Å². The predicted octanol–water partition coefficient (Wildman–Crippen LogP) is 3.59. The van der Waals surface area contributed by atoms with Gasteiger partial charge in [0.15, 0.2) is 0 Å². The molecule has 3 nitrogen and oxygen atoms in total. The lowest BCUT2D eigenvalue weighted by Crippen LogP contribution is -2.02. The monoisotopic (exact) mass is 282 g/mol. The number of nitrogens with two attached hydrogens (primary N) is 1. The first-order valence-corrected chi connectivity index (χ1v) is 6.44. The Morgan fingerprint density at radius 1 is 1.24 bits per heavy atom. The molecular formula is C17H15FN2O. The van der Waals surface area contributed by atoms with Gasteiger partial charge in [-0.15, -0.1) is 6.58 Å². The minimum absolute atomic E-state index is 0.120. The lowest BCUT2D eigenvalue weighted by Gasteiger charge is -2.12. The summed E-state index contributed by atoms with van der Waals surface area (Å²) in [4.78, 5) is 0. The molecule has 2 aromatic rings. The molecule has 0 aliphatic carbocycles. The van der Waals surface area contributed by atoms with E-state index in [1.54, 1.807) is 18.2 Å². The normalized spacial score (nSPS) is 9.90. The highest BCUT2D eigenvalue weighted by atomic mass is 19.1. The zero-order valence-electron chi connectivity index (χ0n) is 11.5. The number of anilines is 1. The third kappa shape index (κ3) is 3.61. The third-order valence-corrected chi connectivity index (χ3v) is 3.02. The molecule has 0 unspecified atom stereocenters. The van der Waals surface area contributed by atoms with Gasteiger partial charge in [0.05, 0.1) is 11.6 Å². The molecule has 0 atom stereocenters. The second-order valence-electron chi connectivity index (χ2n) is 4.56. The number of halogens is 1. The SMILES string of the molecule is C=CCc1cc(N)ccc1OCc1cc(F)ccc1C#N. The molecule has 0 aliphatic heterocycles. The molecule has 0 aromatic heterocycles. The largest absolute Gasteiger partial charge is 0.489 e. The summed E-state index contributed by atoms with van der Waals surface area (Å²) in [5.74, 6) is 0.258. The number of benzene rings is 2. The fourth-order valence-corrected chi connectivity index (χ4v) is 2.00. The Bertz CT molecular complexity index is 704. The van der Waals surface area contributed by atoms with Crippen molar-refractivity contribution in [3.05, 3.63) is 71.6 Å². The van der Waals surface area contributed by atoms with Gasteiger partial charge in [0, 0.05) is 11.3 Å². The van der Waals surface area contributed by atoms with E-state index in [2.05, 4.69) is 6.58 Å². The van der Waals surface area contributed by atoms with E-state index in [0.717, 1.165) is 5.56 Å². The Morgan fingerprint density at radius 2 is 2.05 bits per heavy atom. The molecule has 106 valence electrons. The summed E-state index contributed by atoms with van der Waals surface area (Å²) in [6.45, 7) is 3.81.